The molecule has 0 aliphatic rings. The number of carbonyl (C=O) groups excluding carboxylic acids is 2. The molecule has 0 amide bonds. The van der Waals surface area contributed by atoms with Crippen LogP contribution in [0, 0.1) is 5.41 Å². The van der Waals surface area contributed by atoms with E-state index in [2.05, 4.69) is 15.9 Å². The quantitative estimate of drug-likeness (QED) is 0.585. The van der Waals surface area contributed by atoms with Crippen molar-refractivity contribution in [3.8, 4) is 0 Å². The summed E-state index contributed by atoms with van der Waals surface area (Å²) in [4.78, 5) is 25.1. The maximum absolute atomic E-state index is 12.1. The zero-order chi connectivity index (χ0) is 14.5. The second-order valence-corrected chi connectivity index (χ2v) is 6.00. The van der Waals surface area contributed by atoms with Crippen LogP contribution in [-0.2, 0) is 25.5 Å². The summed E-state index contributed by atoms with van der Waals surface area (Å²) in [5.74, 6) is -1.09. The molecule has 1 rings (SSSR count). The molecule has 0 saturated carbocycles. The molecule has 0 spiro atoms. The molecule has 1 aromatic heterocycles. The first-order valence-corrected chi connectivity index (χ1v) is 7.69. The van der Waals surface area contributed by atoms with Crippen LogP contribution in [0.4, 0.5) is 0 Å². The molecule has 4 nitrogen and oxygen atoms in total. The maximum Gasteiger partial charge on any atom is 0.323 e. The van der Waals surface area contributed by atoms with Crippen LogP contribution >= 0.6 is 27.3 Å². The molecule has 0 aliphatic heterocycles. The van der Waals surface area contributed by atoms with E-state index in [0.29, 0.717) is 0 Å². The third-order valence-electron chi connectivity index (χ3n) is 2.66. The van der Waals surface area contributed by atoms with E-state index >= 15 is 0 Å². The van der Waals surface area contributed by atoms with Crippen molar-refractivity contribution in [3.05, 3.63) is 20.8 Å². The maximum atomic E-state index is 12.1. The van der Waals surface area contributed by atoms with Crippen LogP contribution < -0.4 is 0 Å². The van der Waals surface area contributed by atoms with E-state index in [1.807, 2.05) is 11.4 Å². The number of hydrogen-bond acceptors (Lipinski definition) is 5. The number of esters is 2. The number of carbonyl (C=O) groups is 2. The van der Waals surface area contributed by atoms with Crippen molar-refractivity contribution >= 4 is 39.2 Å². The van der Waals surface area contributed by atoms with E-state index in [1.54, 1.807) is 20.8 Å². The topological polar surface area (TPSA) is 52.6 Å². The second kappa shape index (κ2) is 7.05. The first-order chi connectivity index (χ1) is 8.95. The van der Waals surface area contributed by atoms with E-state index < -0.39 is 17.4 Å². The minimum atomic E-state index is -1.31. The van der Waals surface area contributed by atoms with Gasteiger partial charge >= 0.3 is 11.9 Å². The highest BCUT2D eigenvalue weighted by molar-refractivity contribution is 9.10. The molecule has 0 N–H and O–H groups in total. The molecule has 1 heterocycles. The van der Waals surface area contributed by atoms with Gasteiger partial charge in [0.2, 0.25) is 0 Å². The summed E-state index contributed by atoms with van der Waals surface area (Å²) in [7, 11) is 0. The summed E-state index contributed by atoms with van der Waals surface area (Å²) < 4.78 is 10.9. The first kappa shape index (κ1) is 16.2. The average Bonchev–Trinajstić information content (AvgIpc) is 2.75. The van der Waals surface area contributed by atoms with Gasteiger partial charge in [-0.2, -0.15) is 0 Å². The van der Waals surface area contributed by atoms with Gasteiger partial charge in [-0.25, -0.2) is 0 Å². The molecule has 106 valence electrons. The zero-order valence-electron chi connectivity index (χ0n) is 11.2. The highest BCUT2D eigenvalue weighted by Gasteiger charge is 2.45. The zero-order valence-corrected chi connectivity index (χ0v) is 13.6. The Morgan fingerprint density at radius 2 is 1.79 bits per heavy atom. The van der Waals surface area contributed by atoms with Gasteiger partial charge in [-0.1, -0.05) is 0 Å². The number of halogens is 1. The Kier molecular flexibility index (Phi) is 6.00. The lowest BCUT2D eigenvalue weighted by atomic mass is 9.86. The number of ether oxygens (including phenoxy) is 2. The Balaban J connectivity index is 3.01. The summed E-state index contributed by atoms with van der Waals surface area (Å²) in [6, 6.07) is 1.89. The molecule has 0 bridgehead atoms. The van der Waals surface area contributed by atoms with Crippen molar-refractivity contribution < 1.29 is 19.1 Å². The number of thiophene rings is 1. The van der Waals surface area contributed by atoms with Gasteiger partial charge in [-0.15, -0.1) is 11.3 Å². The Morgan fingerprint density at radius 1 is 1.26 bits per heavy atom. The number of rotatable bonds is 6. The molecule has 0 radical (unpaired) electrons. The van der Waals surface area contributed by atoms with E-state index in [1.165, 1.54) is 11.3 Å². The van der Waals surface area contributed by atoms with Gasteiger partial charge in [-0.3, -0.25) is 9.59 Å². The minimum absolute atomic E-state index is 0.236. The summed E-state index contributed by atoms with van der Waals surface area (Å²) in [5.41, 5.74) is -1.31. The lowest BCUT2D eigenvalue weighted by Gasteiger charge is -2.24. The molecule has 0 unspecified atom stereocenters. The molecule has 1 aromatic rings. The highest BCUT2D eigenvalue weighted by Crippen LogP contribution is 2.33. The predicted molar refractivity (Wildman–Crippen MR) is 77.1 cm³/mol. The lowest BCUT2D eigenvalue weighted by Crippen LogP contribution is -2.41. The molecule has 0 aromatic carbocycles. The third-order valence-corrected chi connectivity index (χ3v) is 4.58. The fraction of sp³-hybridized carbons (Fsp3) is 0.538. The first-order valence-electron chi connectivity index (χ1n) is 6.02. The molecule has 0 saturated heterocycles. The van der Waals surface area contributed by atoms with Crippen LogP contribution in [0.1, 0.15) is 25.6 Å². The molecular formula is C13H17BrO4S. The van der Waals surface area contributed by atoms with Crippen molar-refractivity contribution in [2.75, 3.05) is 13.2 Å². The van der Waals surface area contributed by atoms with Crippen LogP contribution in [0.3, 0.4) is 0 Å². The van der Waals surface area contributed by atoms with Gasteiger partial charge in [0.1, 0.15) is 0 Å². The van der Waals surface area contributed by atoms with Crippen molar-refractivity contribution in [2.24, 2.45) is 5.41 Å². The summed E-state index contributed by atoms with van der Waals surface area (Å²) in [5, 5.41) is 1.90. The summed E-state index contributed by atoms with van der Waals surface area (Å²) in [6.07, 6.45) is 0.267. The Morgan fingerprint density at radius 3 is 2.16 bits per heavy atom. The molecule has 0 aliphatic carbocycles. The van der Waals surface area contributed by atoms with E-state index in [-0.39, 0.29) is 19.6 Å². The Bertz CT molecular complexity index is 437. The van der Waals surface area contributed by atoms with Crippen LogP contribution in [-0.4, -0.2) is 25.2 Å². The fourth-order valence-electron chi connectivity index (χ4n) is 1.58. The van der Waals surface area contributed by atoms with Crippen LogP contribution in [0.5, 0.6) is 0 Å². The van der Waals surface area contributed by atoms with E-state index in [4.69, 9.17) is 9.47 Å². The molecule has 0 atom stereocenters. The van der Waals surface area contributed by atoms with Crippen molar-refractivity contribution in [1.29, 1.82) is 0 Å². The van der Waals surface area contributed by atoms with Crippen LogP contribution in [0.25, 0.3) is 0 Å². The highest BCUT2D eigenvalue weighted by atomic mass is 79.9. The second-order valence-electron chi connectivity index (χ2n) is 4.14. The summed E-state index contributed by atoms with van der Waals surface area (Å²) in [6.45, 7) is 5.46. The molecule has 19 heavy (non-hydrogen) atoms. The van der Waals surface area contributed by atoms with Crippen LogP contribution in [0.15, 0.2) is 15.9 Å². The van der Waals surface area contributed by atoms with Gasteiger partial charge in [0.15, 0.2) is 5.41 Å². The van der Waals surface area contributed by atoms with Crippen molar-refractivity contribution in [1.82, 2.24) is 0 Å². The fourth-order valence-corrected chi connectivity index (χ4v) is 3.23. The normalized spacial score (nSPS) is 11.2. The van der Waals surface area contributed by atoms with Gasteiger partial charge in [0.25, 0.3) is 0 Å². The van der Waals surface area contributed by atoms with Crippen LogP contribution in [0.2, 0.25) is 0 Å². The monoisotopic (exact) mass is 348 g/mol. The number of hydrogen-bond donors (Lipinski definition) is 0. The average molecular weight is 349 g/mol. The third kappa shape index (κ3) is 3.79. The molecule has 6 heteroatoms. The Hall–Kier alpha value is -0.880. The molecular weight excluding hydrogens is 332 g/mol. The van der Waals surface area contributed by atoms with E-state index in [9.17, 15) is 9.59 Å². The van der Waals surface area contributed by atoms with Gasteiger partial charge in [-0.05, 0) is 48.1 Å². The lowest BCUT2D eigenvalue weighted by molar-refractivity contribution is -0.170. The van der Waals surface area contributed by atoms with E-state index in [0.717, 1.165) is 9.35 Å². The largest absolute Gasteiger partial charge is 0.465 e. The Labute approximate surface area is 125 Å². The standard InChI is InChI=1S/C13H17BrO4S/c1-4-17-11(15)13(3,12(16)18-5-2)8-10-9(14)6-7-19-10/h6-7H,4-5,8H2,1-3H3. The SMILES string of the molecule is CCOC(=O)C(C)(Cc1sccc1Br)C(=O)OCC. The van der Waals surface area contributed by atoms with Gasteiger partial charge < -0.3 is 9.47 Å². The predicted octanol–water partition coefficient (Wildman–Crippen LogP) is 3.19. The smallest absolute Gasteiger partial charge is 0.323 e. The minimum Gasteiger partial charge on any atom is -0.465 e. The summed E-state index contributed by atoms with van der Waals surface area (Å²) >= 11 is 4.89. The molecule has 0 fully saturated rings. The van der Waals surface area contributed by atoms with Crippen molar-refractivity contribution in [3.63, 3.8) is 0 Å². The van der Waals surface area contributed by atoms with Gasteiger partial charge in [0.05, 0.1) is 13.2 Å². The van der Waals surface area contributed by atoms with Crippen molar-refractivity contribution in [2.45, 2.75) is 27.2 Å². The van der Waals surface area contributed by atoms with Gasteiger partial charge in [0, 0.05) is 15.8 Å².